The lowest BCUT2D eigenvalue weighted by atomic mass is 10.0. The summed E-state index contributed by atoms with van der Waals surface area (Å²) in [4.78, 5) is 4.08. The Morgan fingerprint density at radius 1 is 1.67 bits per heavy atom. The number of nitrogens with zero attached hydrogens (tertiary/aromatic N) is 2. The minimum atomic E-state index is 0.443. The molecule has 1 unspecified atom stereocenters. The summed E-state index contributed by atoms with van der Waals surface area (Å²) in [5.41, 5.74) is 2.67. The van der Waals surface area contributed by atoms with Crippen LogP contribution in [0.15, 0.2) is 18.5 Å². The summed E-state index contributed by atoms with van der Waals surface area (Å²) in [7, 11) is 0. The standard InChI is InChI=1S/C10H10N2/c11-5-3-8-1-2-9-4-6-12-7-10(8)9/h4,6-8H,1-3H2. The number of aryl methyl sites for hydroxylation is 1. The highest BCUT2D eigenvalue weighted by atomic mass is 14.6. The van der Waals surface area contributed by atoms with E-state index in [9.17, 15) is 0 Å². The van der Waals surface area contributed by atoms with Crippen LogP contribution in [0.1, 0.15) is 29.9 Å². The van der Waals surface area contributed by atoms with Crippen molar-refractivity contribution in [2.75, 3.05) is 0 Å². The van der Waals surface area contributed by atoms with Crippen molar-refractivity contribution in [3.8, 4) is 6.07 Å². The molecule has 2 rings (SSSR count). The molecule has 0 aliphatic heterocycles. The summed E-state index contributed by atoms with van der Waals surface area (Å²) in [5, 5.41) is 8.58. The molecule has 1 aromatic rings. The van der Waals surface area contributed by atoms with Crippen LogP contribution in [-0.4, -0.2) is 4.98 Å². The van der Waals surface area contributed by atoms with Crippen molar-refractivity contribution in [2.45, 2.75) is 25.2 Å². The summed E-state index contributed by atoms with van der Waals surface area (Å²) in [6.07, 6.45) is 6.61. The lowest BCUT2D eigenvalue weighted by Gasteiger charge is -2.04. The topological polar surface area (TPSA) is 36.7 Å². The van der Waals surface area contributed by atoms with E-state index in [4.69, 9.17) is 5.26 Å². The van der Waals surface area contributed by atoms with E-state index in [2.05, 4.69) is 17.1 Å². The van der Waals surface area contributed by atoms with E-state index < -0.39 is 0 Å². The van der Waals surface area contributed by atoms with Gasteiger partial charge in [-0.1, -0.05) is 0 Å². The highest BCUT2D eigenvalue weighted by Gasteiger charge is 2.21. The smallest absolute Gasteiger partial charge is 0.0628 e. The molecule has 12 heavy (non-hydrogen) atoms. The Hall–Kier alpha value is -1.36. The first-order valence-electron chi connectivity index (χ1n) is 4.21. The summed E-state index contributed by atoms with van der Waals surface area (Å²) < 4.78 is 0. The normalized spacial score (nSPS) is 20.1. The van der Waals surface area contributed by atoms with Crippen LogP contribution in [0.2, 0.25) is 0 Å². The molecule has 1 heterocycles. The second-order valence-corrected chi connectivity index (χ2v) is 3.17. The molecule has 60 valence electrons. The Morgan fingerprint density at radius 2 is 2.58 bits per heavy atom. The van der Waals surface area contributed by atoms with Crippen LogP contribution in [-0.2, 0) is 6.42 Å². The molecular weight excluding hydrogens is 148 g/mol. The molecule has 1 aromatic heterocycles. The van der Waals surface area contributed by atoms with Gasteiger partial charge in [-0.25, -0.2) is 0 Å². The van der Waals surface area contributed by atoms with Crippen molar-refractivity contribution in [1.82, 2.24) is 4.98 Å². The molecule has 1 aliphatic rings. The monoisotopic (exact) mass is 158 g/mol. The fourth-order valence-corrected chi connectivity index (χ4v) is 1.84. The van der Waals surface area contributed by atoms with E-state index in [1.165, 1.54) is 11.1 Å². The largest absolute Gasteiger partial charge is 0.264 e. The van der Waals surface area contributed by atoms with E-state index in [1.807, 2.05) is 12.4 Å². The molecule has 0 saturated heterocycles. The minimum absolute atomic E-state index is 0.443. The first-order chi connectivity index (χ1) is 5.92. The average molecular weight is 158 g/mol. The maximum Gasteiger partial charge on any atom is 0.0628 e. The van der Waals surface area contributed by atoms with E-state index in [0.717, 1.165) is 12.8 Å². The molecule has 0 N–H and O–H groups in total. The zero-order valence-corrected chi connectivity index (χ0v) is 6.83. The third kappa shape index (κ3) is 1.08. The van der Waals surface area contributed by atoms with Crippen LogP contribution < -0.4 is 0 Å². The summed E-state index contributed by atoms with van der Waals surface area (Å²) in [6, 6.07) is 4.28. The molecule has 0 spiro atoms. The molecule has 2 heteroatoms. The van der Waals surface area contributed by atoms with Crippen molar-refractivity contribution in [2.24, 2.45) is 0 Å². The van der Waals surface area contributed by atoms with Crippen LogP contribution in [0.4, 0.5) is 0 Å². The van der Waals surface area contributed by atoms with Gasteiger partial charge in [0.25, 0.3) is 0 Å². The number of aromatic nitrogens is 1. The predicted molar refractivity (Wildman–Crippen MR) is 45.5 cm³/mol. The SMILES string of the molecule is N#CCC1CCc2ccncc21. The average Bonchev–Trinajstić information content (AvgIpc) is 2.50. The van der Waals surface area contributed by atoms with Gasteiger partial charge in [0.05, 0.1) is 6.07 Å². The Morgan fingerprint density at radius 3 is 3.42 bits per heavy atom. The van der Waals surface area contributed by atoms with Gasteiger partial charge in [0.1, 0.15) is 0 Å². The first-order valence-corrected chi connectivity index (χ1v) is 4.21. The van der Waals surface area contributed by atoms with E-state index in [-0.39, 0.29) is 0 Å². The highest BCUT2D eigenvalue weighted by molar-refractivity contribution is 5.32. The van der Waals surface area contributed by atoms with Gasteiger partial charge < -0.3 is 0 Å². The van der Waals surface area contributed by atoms with Gasteiger partial charge in [0, 0.05) is 18.8 Å². The molecule has 0 aromatic carbocycles. The fraction of sp³-hybridized carbons (Fsp3) is 0.400. The Kier molecular flexibility index (Phi) is 1.79. The molecule has 1 atom stereocenters. The molecule has 0 fully saturated rings. The molecule has 0 amide bonds. The molecule has 2 nitrogen and oxygen atoms in total. The minimum Gasteiger partial charge on any atom is -0.264 e. The molecule has 1 aliphatic carbocycles. The van der Waals surface area contributed by atoms with Crippen LogP contribution >= 0.6 is 0 Å². The zero-order valence-electron chi connectivity index (χ0n) is 6.83. The zero-order chi connectivity index (χ0) is 8.39. The van der Waals surface area contributed by atoms with Gasteiger partial charge in [-0.15, -0.1) is 0 Å². The molecule has 0 radical (unpaired) electrons. The summed E-state index contributed by atoms with van der Waals surface area (Å²) in [5.74, 6) is 0.443. The Labute approximate surface area is 71.9 Å². The highest BCUT2D eigenvalue weighted by Crippen LogP contribution is 2.33. The van der Waals surface area contributed by atoms with Gasteiger partial charge in [0.15, 0.2) is 0 Å². The van der Waals surface area contributed by atoms with Gasteiger partial charge in [-0.3, -0.25) is 4.98 Å². The second kappa shape index (κ2) is 2.94. The third-order valence-electron chi connectivity index (χ3n) is 2.49. The van der Waals surface area contributed by atoms with E-state index in [1.54, 1.807) is 0 Å². The Bertz CT molecular complexity index is 325. The van der Waals surface area contributed by atoms with Crippen LogP contribution in [0.25, 0.3) is 0 Å². The number of hydrogen-bond acceptors (Lipinski definition) is 2. The second-order valence-electron chi connectivity index (χ2n) is 3.17. The van der Waals surface area contributed by atoms with Gasteiger partial charge in [-0.2, -0.15) is 5.26 Å². The quantitative estimate of drug-likeness (QED) is 0.627. The van der Waals surface area contributed by atoms with Crippen LogP contribution in [0.3, 0.4) is 0 Å². The Balaban J connectivity index is 2.31. The number of hydrogen-bond donors (Lipinski definition) is 0. The van der Waals surface area contributed by atoms with Crippen LogP contribution in [0, 0.1) is 11.3 Å². The lowest BCUT2D eigenvalue weighted by Crippen LogP contribution is -1.91. The van der Waals surface area contributed by atoms with Crippen LogP contribution in [0.5, 0.6) is 0 Å². The maximum atomic E-state index is 8.58. The van der Waals surface area contributed by atoms with Gasteiger partial charge in [-0.05, 0) is 36.0 Å². The molecule has 0 saturated carbocycles. The fourth-order valence-electron chi connectivity index (χ4n) is 1.84. The number of fused-ring (bicyclic) bond motifs is 1. The van der Waals surface area contributed by atoms with Gasteiger partial charge >= 0.3 is 0 Å². The predicted octanol–water partition coefficient (Wildman–Crippen LogP) is 2.03. The number of rotatable bonds is 1. The molecule has 0 bridgehead atoms. The van der Waals surface area contributed by atoms with E-state index >= 15 is 0 Å². The number of pyridine rings is 1. The van der Waals surface area contributed by atoms with Gasteiger partial charge in [0.2, 0.25) is 0 Å². The first kappa shape index (κ1) is 7.30. The summed E-state index contributed by atoms with van der Waals surface area (Å²) >= 11 is 0. The third-order valence-corrected chi connectivity index (χ3v) is 2.49. The van der Waals surface area contributed by atoms with Crippen molar-refractivity contribution in [3.05, 3.63) is 29.6 Å². The van der Waals surface area contributed by atoms with Crippen molar-refractivity contribution in [1.29, 1.82) is 5.26 Å². The number of nitriles is 1. The van der Waals surface area contributed by atoms with Crippen molar-refractivity contribution in [3.63, 3.8) is 0 Å². The van der Waals surface area contributed by atoms with E-state index in [0.29, 0.717) is 12.3 Å². The summed E-state index contributed by atoms with van der Waals surface area (Å²) in [6.45, 7) is 0. The maximum absolute atomic E-state index is 8.58. The molecular formula is C10H10N2. The van der Waals surface area contributed by atoms with Crippen molar-refractivity contribution >= 4 is 0 Å². The van der Waals surface area contributed by atoms with Crippen molar-refractivity contribution < 1.29 is 0 Å². The lowest BCUT2D eigenvalue weighted by molar-refractivity contribution is 0.693.